The van der Waals surface area contributed by atoms with Crippen LogP contribution in [0.25, 0.3) is 11.0 Å². The summed E-state index contributed by atoms with van der Waals surface area (Å²) in [6, 6.07) is 11.1. The van der Waals surface area contributed by atoms with Crippen LogP contribution in [0, 0.1) is 19.3 Å². The highest BCUT2D eigenvalue weighted by atomic mass is 32.2. The number of thioether (sulfide) groups is 1. The summed E-state index contributed by atoms with van der Waals surface area (Å²) >= 11 is 1.26. The van der Waals surface area contributed by atoms with Gasteiger partial charge in [0, 0.05) is 29.1 Å². The largest absolute Gasteiger partial charge is 0.497 e. The van der Waals surface area contributed by atoms with Crippen LogP contribution in [0.15, 0.2) is 58.7 Å². The van der Waals surface area contributed by atoms with Crippen LogP contribution in [0.2, 0.25) is 0 Å². The number of fused-ring (bicyclic) bond motifs is 1. The van der Waals surface area contributed by atoms with Crippen LogP contribution in [0.1, 0.15) is 30.7 Å². The van der Waals surface area contributed by atoms with E-state index >= 15 is 0 Å². The molecule has 2 aromatic heterocycles. The molecule has 218 valence electrons. The van der Waals surface area contributed by atoms with Gasteiger partial charge in [-0.2, -0.15) is 0 Å². The van der Waals surface area contributed by atoms with Gasteiger partial charge in [-0.15, -0.1) is 0 Å². The predicted octanol–water partition coefficient (Wildman–Crippen LogP) is 5.17. The molecule has 0 aliphatic rings. The van der Waals surface area contributed by atoms with Gasteiger partial charge in [-0.05, 0) is 64.1 Å². The van der Waals surface area contributed by atoms with Crippen LogP contribution in [-0.2, 0) is 25.3 Å². The third-order valence-corrected chi connectivity index (χ3v) is 9.36. The van der Waals surface area contributed by atoms with Gasteiger partial charge < -0.3 is 18.9 Å². The summed E-state index contributed by atoms with van der Waals surface area (Å²) in [6.07, 6.45) is 1.74. The van der Waals surface area contributed by atoms with Crippen molar-refractivity contribution in [3.8, 4) is 17.2 Å². The van der Waals surface area contributed by atoms with Crippen LogP contribution in [-0.4, -0.2) is 56.3 Å². The van der Waals surface area contributed by atoms with Crippen LogP contribution in [0.4, 0.5) is 0 Å². The van der Waals surface area contributed by atoms with Crippen molar-refractivity contribution in [3.63, 3.8) is 0 Å². The molecule has 4 aromatic rings. The van der Waals surface area contributed by atoms with Gasteiger partial charge in [-0.3, -0.25) is 9.78 Å². The summed E-state index contributed by atoms with van der Waals surface area (Å²) in [5.41, 5.74) is 2.60. The number of aryl methyl sites for hydroxylation is 1. The first kappa shape index (κ1) is 30.2. The number of aromatic nitrogens is 3. The standard InChI is InChI=1S/C29H33N3O7S2/c1-18-15-30-24(19(2)26(18)37-6)16-40-28-31-23-14-21(36-5)10-13-25(23)32(28)41(34,35)22-11-8-20(9-12-22)39-17-29(3,4)27(33)38-7/h8-15H,16-17H2,1-7H3. The molecule has 0 unspecified atom stereocenters. The fourth-order valence-electron chi connectivity index (χ4n) is 4.23. The Morgan fingerprint density at radius 1 is 1.00 bits per heavy atom. The van der Waals surface area contributed by atoms with E-state index in [2.05, 4.69) is 9.97 Å². The highest BCUT2D eigenvalue weighted by Gasteiger charge is 2.30. The number of benzene rings is 2. The minimum absolute atomic E-state index is 0.0559. The first-order valence-corrected chi connectivity index (χ1v) is 15.1. The molecule has 0 aliphatic carbocycles. The Morgan fingerprint density at radius 3 is 2.32 bits per heavy atom. The number of ether oxygens (including phenoxy) is 4. The summed E-state index contributed by atoms with van der Waals surface area (Å²) in [5, 5.41) is 0.286. The quantitative estimate of drug-likeness (QED) is 0.169. The van der Waals surface area contributed by atoms with E-state index in [4.69, 9.17) is 18.9 Å². The van der Waals surface area contributed by atoms with Gasteiger partial charge >= 0.3 is 5.97 Å². The second-order valence-electron chi connectivity index (χ2n) is 9.99. The molecule has 2 aromatic carbocycles. The lowest BCUT2D eigenvalue weighted by Gasteiger charge is -2.21. The van der Waals surface area contributed by atoms with Crippen molar-refractivity contribution in [2.75, 3.05) is 27.9 Å². The van der Waals surface area contributed by atoms with Gasteiger partial charge in [-0.25, -0.2) is 17.4 Å². The summed E-state index contributed by atoms with van der Waals surface area (Å²) in [5.74, 6) is 1.71. The molecule has 0 spiro atoms. The zero-order chi connectivity index (χ0) is 29.9. The van der Waals surface area contributed by atoms with Crippen LogP contribution in [0.3, 0.4) is 0 Å². The minimum atomic E-state index is -4.07. The van der Waals surface area contributed by atoms with E-state index in [1.54, 1.807) is 64.6 Å². The van der Waals surface area contributed by atoms with Crippen molar-refractivity contribution in [2.45, 2.75) is 43.5 Å². The van der Waals surface area contributed by atoms with E-state index in [9.17, 15) is 13.2 Å². The van der Waals surface area contributed by atoms with Crippen molar-refractivity contribution in [1.82, 2.24) is 13.9 Å². The Morgan fingerprint density at radius 2 is 1.68 bits per heavy atom. The first-order chi connectivity index (χ1) is 19.4. The Labute approximate surface area is 244 Å². The Kier molecular flexibility index (Phi) is 8.83. The molecule has 0 saturated carbocycles. The number of hydrogen-bond donors (Lipinski definition) is 0. The summed E-state index contributed by atoms with van der Waals surface area (Å²) < 4.78 is 50.7. The molecule has 0 aliphatic heterocycles. The monoisotopic (exact) mass is 599 g/mol. The number of hydrogen-bond acceptors (Lipinski definition) is 10. The zero-order valence-electron chi connectivity index (χ0n) is 24.0. The maximum atomic E-state index is 14.0. The predicted molar refractivity (Wildman–Crippen MR) is 156 cm³/mol. The highest BCUT2D eigenvalue weighted by Crippen LogP contribution is 2.34. The normalized spacial score (nSPS) is 11.9. The highest BCUT2D eigenvalue weighted by molar-refractivity contribution is 7.99. The molecule has 4 rings (SSSR count). The minimum Gasteiger partial charge on any atom is -0.497 e. The number of imidazole rings is 1. The number of carbonyl (C=O) groups is 1. The number of carbonyl (C=O) groups excluding carboxylic acids is 1. The van der Waals surface area contributed by atoms with Crippen molar-refractivity contribution < 1.29 is 32.2 Å². The zero-order valence-corrected chi connectivity index (χ0v) is 25.7. The average molecular weight is 600 g/mol. The molecule has 0 atom stereocenters. The maximum Gasteiger partial charge on any atom is 0.314 e. The molecule has 0 saturated heterocycles. The summed E-state index contributed by atoms with van der Waals surface area (Å²) in [6.45, 7) is 7.33. The number of pyridine rings is 1. The average Bonchev–Trinajstić information content (AvgIpc) is 3.34. The van der Waals surface area contributed by atoms with Gasteiger partial charge in [0.25, 0.3) is 10.0 Å². The van der Waals surface area contributed by atoms with Crippen LogP contribution >= 0.6 is 11.8 Å². The third kappa shape index (κ3) is 6.13. The molecule has 2 heterocycles. The molecule has 41 heavy (non-hydrogen) atoms. The fourth-order valence-corrected chi connectivity index (χ4v) is 6.97. The molecule has 0 N–H and O–H groups in total. The van der Waals surface area contributed by atoms with E-state index in [1.165, 1.54) is 35.0 Å². The van der Waals surface area contributed by atoms with Crippen molar-refractivity contribution >= 4 is 38.8 Å². The van der Waals surface area contributed by atoms with Gasteiger partial charge in [0.05, 0.1) is 48.4 Å². The van der Waals surface area contributed by atoms with Crippen LogP contribution < -0.4 is 14.2 Å². The lowest BCUT2D eigenvalue weighted by molar-refractivity contribution is -0.152. The van der Waals surface area contributed by atoms with Gasteiger partial charge in [0.15, 0.2) is 5.16 Å². The van der Waals surface area contributed by atoms with Gasteiger partial charge in [0.1, 0.15) is 23.9 Å². The van der Waals surface area contributed by atoms with E-state index < -0.39 is 21.4 Å². The molecular weight excluding hydrogens is 566 g/mol. The summed E-state index contributed by atoms with van der Waals surface area (Å²) in [4.78, 5) is 21.2. The van der Waals surface area contributed by atoms with E-state index in [0.29, 0.717) is 28.3 Å². The smallest absolute Gasteiger partial charge is 0.314 e. The van der Waals surface area contributed by atoms with Gasteiger partial charge in [0.2, 0.25) is 0 Å². The topological polar surface area (TPSA) is 119 Å². The second kappa shape index (κ2) is 12.0. The fraction of sp³-hybridized carbons (Fsp3) is 0.345. The number of nitrogens with zero attached hydrogens (tertiary/aromatic N) is 3. The van der Waals surface area contributed by atoms with Crippen molar-refractivity contribution in [1.29, 1.82) is 0 Å². The number of rotatable bonds is 11. The Hall–Kier alpha value is -3.77. The summed E-state index contributed by atoms with van der Waals surface area (Å²) in [7, 11) is 0.409. The number of esters is 1. The third-order valence-electron chi connectivity index (χ3n) is 6.58. The first-order valence-electron chi connectivity index (χ1n) is 12.7. The molecule has 0 fully saturated rings. The maximum absolute atomic E-state index is 14.0. The second-order valence-corrected chi connectivity index (χ2v) is 12.7. The molecule has 0 bridgehead atoms. The SMILES string of the molecule is COC(=O)C(C)(C)COc1ccc(S(=O)(=O)n2c(SCc3ncc(C)c(OC)c3C)nc3cc(OC)ccc32)cc1. The molecule has 12 heteroatoms. The van der Waals surface area contributed by atoms with E-state index in [-0.39, 0.29) is 16.7 Å². The van der Waals surface area contributed by atoms with Gasteiger partial charge in [-0.1, -0.05) is 11.8 Å². The lowest BCUT2D eigenvalue weighted by atomic mass is 9.95. The number of methoxy groups -OCH3 is 3. The van der Waals surface area contributed by atoms with E-state index in [1.807, 2.05) is 13.8 Å². The molecular formula is C29H33N3O7S2. The molecule has 0 amide bonds. The Bertz CT molecular complexity index is 1680. The van der Waals surface area contributed by atoms with Crippen molar-refractivity contribution in [2.24, 2.45) is 5.41 Å². The van der Waals surface area contributed by atoms with Crippen LogP contribution in [0.5, 0.6) is 17.2 Å². The Balaban J connectivity index is 1.69. The molecule has 10 nitrogen and oxygen atoms in total. The van der Waals surface area contributed by atoms with Crippen molar-refractivity contribution in [3.05, 3.63) is 65.5 Å². The molecule has 0 radical (unpaired) electrons. The van der Waals surface area contributed by atoms with E-state index in [0.717, 1.165) is 22.6 Å². The lowest BCUT2D eigenvalue weighted by Crippen LogP contribution is -2.32.